The first-order valence-corrected chi connectivity index (χ1v) is 8.60. The van der Waals surface area contributed by atoms with Gasteiger partial charge in [-0.3, -0.25) is 19.6 Å². The maximum absolute atomic E-state index is 13.3. The van der Waals surface area contributed by atoms with Gasteiger partial charge in [-0.05, 0) is 31.7 Å². The van der Waals surface area contributed by atoms with E-state index < -0.39 is 35.0 Å². The van der Waals surface area contributed by atoms with Gasteiger partial charge in [-0.25, -0.2) is 0 Å². The smallest absolute Gasteiger partial charge is 0.435 e. The number of nitro benzene ring substituents is 1. The Kier molecular flexibility index (Phi) is 5.25. The molecule has 11 heteroatoms. The monoisotopic (exact) mass is 398 g/mol. The molecule has 0 saturated carbocycles. The number of halogens is 3. The fraction of sp³-hybridized carbons (Fsp3) is 0.412. The van der Waals surface area contributed by atoms with Crippen LogP contribution in [0.3, 0.4) is 0 Å². The molecule has 2 aromatic rings. The quantitative estimate of drug-likeness (QED) is 0.355. The average Bonchev–Trinajstić information content (AvgIpc) is 2.78. The van der Waals surface area contributed by atoms with E-state index in [2.05, 4.69) is 10.4 Å². The van der Waals surface area contributed by atoms with Gasteiger partial charge >= 0.3 is 6.18 Å². The Hall–Kier alpha value is -3.11. The van der Waals surface area contributed by atoms with E-state index in [1.165, 1.54) is 0 Å². The maximum atomic E-state index is 13.3. The molecule has 1 aromatic heterocycles. The summed E-state index contributed by atoms with van der Waals surface area (Å²) in [7, 11) is 0. The van der Waals surface area contributed by atoms with E-state index in [0.717, 1.165) is 29.3 Å². The van der Waals surface area contributed by atoms with Gasteiger partial charge in [0.05, 0.1) is 10.6 Å². The van der Waals surface area contributed by atoms with Gasteiger partial charge in [-0.2, -0.15) is 18.3 Å². The normalized spacial score (nSPS) is 14.2. The van der Waals surface area contributed by atoms with E-state index in [0.29, 0.717) is 25.0 Å². The number of carbonyl (C=O) groups excluding carboxylic acids is 1. The molecule has 0 saturated heterocycles. The summed E-state index contributed by atoms with van der Waals surface area (Å²) >= 11 is 0. The first kappa shape index (κ1) is 19.6. The van der Waals surface area contributed by atoms with Crippen molar-refractivity contribution in [3.05, 3.63) is 45.3 Å². The van der Waals surface area contributed by atoms with Crippen molar-refractivity contribution in [2.24, 2.45) is 0 Å². The lowest BCUT2D eigenvalue weighted by molar-refractivity contribution is -0.384. The largest absolute Gasteiger partial charge is 0.506 e. The van der Waals surface area contributed by atoms with E-state index in [4.69, 9.17) is 0 Å². The Morgan fingerprint density at radius 2 is 2.00 bits per heavy atom. The molecule has 1 aliphatic carbocycles. The molecule has 0 fully saturated rings. The molecule has 0 unspecified atom stereocenters. The summed E-state index contributed by atoms with van der Waals surface area (Å²) in [5.41, 5.74) is -1.02. The summed E-state index contributed by atoms with van der Waals surface area (Å²) in [6, 6.07) is 3.08. The van der Waals surface area contributed by atoms with Crippen LogP contribution >= 0.6 is 0 Å². The van der Waals surface area contributed by atoms with Crippen LogP contribution in [0.15, 0.2) is 18.2 Å². The number of nitro groups is 1. The summed E-state index contributed by atoms with van der Waals surface area (Å²) in [5, 5.41) is 26.5. The molecular weight excluding hydrogens is 381 g/mol. The van der Waals surface area contributed by atoms with Crippen molar-refractivity contribution in [3.63, 3.8) is 0 Å². The van der Waals surface area contributed by atoms with E-state index in [1.807, 2.05) is 0 Å². The second-order valence-electron chi connectivity index (χ2n) is 6.50. The van der Waals surface area contributed by atoms with Crippen LogP contribution in [0.25, 0.3) is 0 Å². The van der Waals surface area contributed by atoms with Crippen LogP contribution in [-0.2, 0) is 30.4 Å². The molecule has 0 radical (unpaired) electrons. The third kappa shape index (κ3) is 4.07. The minimum Gasteiger partial charge on any atom is -0.506 e. The summed E-state index contributed by atoms with van der Waals surface area (Å²) in [5.74, 6) is -1.15. The summed E-state index contributed by atoms with van der Waals surface area (Å²) in [6.07, 6.45) is -1.88. The number of hydrogen-bond donors (Lipinski definition) is 2. The van der Waals surface area contributed by atoms with Crippen molar-refractivity contribution in [1.29, 1.82) is 0 Å². The molecule has 1 aliphatic rings. The second kappa shape index (κ2) is 7.49. The highest BCUT2D eigenvalue weighted by Gasteiger charge is 2.39. The van der Waals surface area contributed by atoms with Crippen molar-refractivity contribution in [2.75, 3.05) is 5.32 Å². The average molecular weight is 398 g/mol. The van der Waals surface area contributed by atoms with Crippen molar-refractivity contribution >= 4 is 17.3 Å². The van der Waals surface area contributed by atoms with E-state index >= 15 is 0 Å². The number of hydrogen-bond acceptors (Lipinski definition) is 5. The second-order valence-corrected chi connectivity index (χ2v) is 6.50. The Labute approximate surface area is 157 Å². The van der Waals surface area contributed by atoms with Crippen molar-refractivity contribution in [3.8, 4) is 5.75 Å². The standard InChI is InChI=1S/C17H17F3N4O4/c18-17(19,20)16-11-4-2-1-3-5-13(11)23(22-16)9-15(26)21-12-8-10(24(27)28)6-7-14(12)25/h6-8,25H,1-5,9H2,(H,21,26). The minimum absolute atomic E-state index is 0.121. The Morgan fingerprint density at radius 3 is 2.68 bits per heavy atom. The number of fused-ring (bicyclic) bond motifs is 1. The zero-order valence-electron chi connectivity index (χ0n) is 14.6. The van der Waals surface area contributed by atoms with Crippen molar-refractivity contribution < 1.29 is 28.0 Å². The predicted octanol–water partition coefficient (Wildman–Crippen LogP) is 3.42. The van der Waals surface area contributed by atoms with Gasteiger partial charge in [0.2, 0.25) is 5.91 Å². The van der Waals surface area contributed by atoms with Crippen LogP contribution in [0.5, 0.6) is 5.75 Å². The van der Waals surface area contributed by atoms with E-state index in [-0.39, 0.29) is 23.4 Å². The van der Waals surface area contributed by atoms with Crippen LogP contribution in [0.2, 0.25) is 0 Å². The number of anilines is 1. The molecule has 0 atom stereocenters. The van der Waals surface area contributed by atoms with Crippen molar-refractivity contribution in [1.82, 2.24) is 9.78 Å². The Balaban J connectivity index is 1.86. The van der Waals surface area contributed by atoms with Gasteiger partial charge < -0.3 is 10.4 Å². The number of nitrogens with zero attached hydrogens (tertiary/aromatic N) is 3. The van der Waals surface area contributed by atoms with Gasteiger partial charge in [0, 0.05) is 23.4 Å². The number of phenolic OH excluding ortho intramolecular Hbond substituents is 1. The number of phenols is 1. The van der Waals surface area contributed by atoms with E-state index in [1.54, 1.807) is 0 Å². The van der Waals surface area contributed by atoms with Gasteiger partial charge in [0.15, 0.2) is 5.69 Å². The summed E-state index contributed by atoms with van der Waals surface area (Å²) in [6.45, 7) is -0.499. The molecule has 0 bridgehead atoms. The Morgan fingerprint density at radius 1 is 1.29 bits per heavy atom. The predicted molar refractivity (Wildman–Crippen MR) is 91.9 cm³/mol. The number of alkyl halides is 3. The summed E-state index contributed by atoms with van der Waals surface area (Å²) < 4.78 is 41.0. The third-order valence-electron chi connectivity index (χ3n) is 4.53. The zero-order chi connectivity index (χ0) is 20.5. The van der Waals surface area contributed by atoms with Gasteiger partial charge in [-0.15, -0.1) is 0 Å². The molecule has 0 spiro atoms. The number of benzene rings is 1. The minimum atomic E-state index is -4.62. The van der Waals surface area contributed by atoms with Gasteiger partial charge in [-0.1, -0.05) is 6.42 Å². The first-order chi connectivity index (χ1) is 13.2. The van der Waals surface area contributed by atoms with Crippen LogP contribution in [0.1, 0.15) is 36.2 Å². The van der Waals surface area contributed by atoms with Crippen LogP contribution < -0.4 is 5.32 Å². The zero-order valence-corrected chi connectivity index (χ0v) is 14.6. The molecule has 150 valence electrons. The lowest BCUT2D eigenvalue weighted by Crippen LogP contribution is -2.21. The molecule has 1 aromatic carbocycles. The lowest BCUT2D eigenvalue weighted by Gasteiger charge is -2.10. The molecule has 2 N–H and O–H groups in total. The van der Waals surface area contributed by atoms with Crippen molar-refractivity contribution in [2.45, 2.75) is 44.8 Å². The molecule has 0 aliphatic heterocycles. The third-order valence-corrected chi connectivity index (χ3v) is 4.53. The molecule has 28 heavy (non-hydrogen) atoms. The highest BCUT2D eigenvalue weighted by atomic mass is 19.4. The maximum Gasteiger partial charge on any atom is 0.435 e. The van der Waals surface area contributed by atoms with Crippen LogP contribution in [0, 0.1) is 10.1 Å². The SMILES string of the molecule is O=C(Cn1nc(C(F)(F)F)c2c1CCCCC2)Nc1cc([N+](=O)[O-])ccc1O. The number of aromatic nitrogens is 2. The van der Waals surface area contributed by atoms with Crippen LogP contribution in [-0.4, -0.2) is 25.7 Å². The van der Waals surface area contributed by atoms with E-state index in [9.17, 15) is 33.2 Å². The lowest BCUT2D eigenvalue weighted by atomic mass is 10.1. The molecule has 1 heterocycles. The van der Waals surface area contributed by atoms with Gasteiger partial charge in [0.1, 0.15) is 12.3 Å². The van der Waals surface area contributed by atoms with Gasteiger partial charge in [0.25, 0.3) is 5.69 Å². The number of amides is 1. The Bertz CT molecular complexity index is 924. The fourth-order valence-electron chi connectivity index (χ4n) is 3.27. The summed E-state index contributed by atoms with van der Waals surface area (Å²) in [4.78, 5) is 22.4. The molecule has 8 nitrogen and oxygen atoms in total. The number of aromatic hydroxyl groups is 1. The number of non-ortho nitro benzene ring substituents is 1. The first-order valence-electron chi connectivity index (χ1n) is 8.60. The highest BCUT2D eigenvalue weighted by Crippen LogP contribution is 2.35. The topological polar surface area (TPSA) is 110 Å². The number of rotatable bonds is 4. The fourth-order valence-corrected chi connectivity index (χ4v) is 3.27. The van der Waals surface area contributed by atoms with Crippen LogP contribution in [0.4, 0.5) is 24.5 Å². The number of carbonyl (C=O) groups is 1. The number of nitrogens with one attached hydrogen (secondary N) is 1. The molecular formula is C17H17F3N4O4. The highest BCUT2D eigenvalue weighted by molar-refractivity contribution is 5.92. The molecule has 3 rings (SSSR count). The molecule has 1 amide bonds.